The van der Waals surface area contributed by atoms with E-state index in [1.165, 1.54) is 0 Å². The number of carbonyl (C=O) groups excluding carboxylic acids is 2. The van der Waals surface area contributed by atoms with Gasteiger partial charge < -0.3 is 15.1 Å². The molecular formula is C16H19BrClN3O2. The summed E-state index contributed by atoms with van der Waals surface area (Å²) in [7, 11) is 0. The minimum atomic E-state index is -0.141. The highest BCUT2D eigenvalue weighted by atomic mass is 79.9. The molecule has 1 aromatic rings. The van der Waals surface area contributed by atoms with Gasteiger partial charge in [0.05, 0.1) is 17.1 Å². The molecule has 0 aliphatic carbocycles. The number of carbonyl (C=O) groups is 2. The summed E-state index contributed by atoms with van der Waals surface area (Å²) >= 11 is 9.30. The summed E-state index contributed by atoms with van der Waals surface area (Å²) in [5.74, 6) is -0.0910. The zero-order valence-corrected chi connectivity index (χ0v) is 15.1. The Labute approximate surface area is 149 Å². The summed E-state index contributed by atoms with van der Waals surface area (Å²) < 4.78 is 0.719. The van der Waals surface area contributed by atoms with Gasteiger partial charge >= 0.3 is 6.03 Å². The molecule has 1 fully saturated rings. The highest BCUT2D eigenvalue weighted by molar-refractivity contribution is 9.11. The monoisotopic (exact) mass is 399 g/mol. The minimum Gasteiger partial charge on any atom is -0.337 e. The maximum atomic E-state index is 12.6. The van der Waals surface area contributed by atoms with E-state index in [1.807, 2.05) is 0 Å². The molecule has 1 N–H and O–H groups in total. The van der Waals surface area contributed by atoms with Gasteiger partial charge in [0, 0.05) is 30.7 Å². The van der Waals surface area contributed by atoms with Crippen molar-refractivity contribution in [1.82, 2.24) is 15.1 Å². The molecule has 1 aromatic carbocycles. The second-order valence-corrected chi connectivity index (χ2v) is 6.82. The molecule has 23 heavy (non-hydrogen) atoms. The van der Waals surface area contributed by atoms with Crippen LogP contribution in [0.15, 0.2) is 35.3 Å². The highest BCUT2D eigenvalue weighted by Crippen LogP contribution is 2.18. The first-order valence-electron chi connectivity index (χ1n) is 7.39. The topological polar surface area (TPSA) is 52.7 Å². The number of hydrogen-bond acceptors (Lipinski definition) is 2. The summed E-state index contributed by atoms with van der Waals surface area (Å²) in [6, 6.07) is 6.88. The Balaban J connectivity index is 1.96. The van der Waals surface area contributed by atoms with Crippen LogP contribution in [-0.2, 0) is 0 Å². The van der Waals surface area contributed by atoms with Gasteiger partial charge in [0.25, 0.3) is 5.91 Å². The fraction of sp³-hybridized carbons (Fsp3) is 0.375. The molecule has 0 aromatic heterocycles. The van der Waals surface area contributed by atoms with E-state index in [9.17, 15) is 9.59 Å². The lowest BCUT2D eigenvalue weighted by molar-refractivity contribution is 0.0762. The first kappa shape index (κ1) is 17.8. The van der Waals surface area contributed by atoms with Crippen LogP contribution in [-0.4, -0.2) is 54.5 Å². The molecule has 1 heterocycles. The van der Waals surface area contributed by atoms with Crippen molar-refractivity contribution in [2.24, 2.45) is 0 Å². The van der Waals surface area contributed by atoms with E-state index >= 15 is 0 Å². The largest absolute Gasteiger partial charge is 0.337 e. The van der Waals surface area contributed by atoms with Gasteiger partial charge in [-0.05, 0) is 18.6 Å². The van der Waals surface area contributed by atoms with Crippen molar-refractivity contribution in [3.05, 3.63) is 45.9 Å². The van der Waals surface area contributed by atoms with Crippen LogP contribution in [0.2, 0.25) is 5.02 Å². The first-order chi connectivity index (χ1) is 11.0. The predicted molar refractivity (Wildman–Crippen MR) is 95.0 cm³/mol. The average molecular weight is 401 g/mol. The molecule has 0 atom stereocenters. The van der Waals surface area contributed by atoms with E-state index in [2.05, 4.69) is 27.8 Å². The zero-order valence-electron chi connectivity index (χ0n) is 12.7. The average Bonchev–Trinajstić information content (AvgIpc) is 2.78. The Morgan fingerprint density at radius 1 is 1.17 bits per heavy atom. The maximum Gasteiger partial charge on any atom is 0.317 e. The highest BCUT2D eigenvalue weighted by Gasteiger charge is 2.23. The van der Waals surface area contributed by atoms with Crippen LogP contribution < -0.4 is 5.32 Å². The van der Waals surface area contributed by atoms with Gasteiger partial charge in [0.1, 0.15) is 0 Å². The molecule has 0 radical (unpaired) electrons. The molecule has 1 saturated heterocycles. The lowest BCUT2D eigenvalue weighted by Gasteiger charge is -2.22. The third-order valence-electron chi connectivity index (χ3n) is 3.61. The van der Waals surface area contributed by atoms with Crippen molar-refractivity contribution in [2.45, 2.75) is 6.42 Å². The molecule has 0 spiro atoms. The quantitative estimate of drug-likeness (QED) is 0.847. The third-order valence-corrected chi connectivity index (χ3v) is 4.22. The fourth-order valence-corrected chi connectivity index (χ4v) is 2.77. The summed E-state index contributed by atoms with van der Waals surface area (Å²) in [6.07, 6.45) is 0.735. The van der Waals surface area contributed by atoms with Gasteiger partial charge in [0.2, 0.25) is 0 Å². The smallest absolute Gasteiger partial charge is 0.317 e. The molecule has 5 nitrogen and oxygen atoms in total. The van der Waals surface area contributed by atoms with Crippen LogP contribution in [0.25, 0.3) is 0 Å². The first-order valence-corrected chi connectivity index (χ1v) is 8.56. The Morgan fingerprint density at radius 3 is 2.52 bits per heavy atom. The summed E-state index contributed by atoms with van der Waals surface area (Å²) in [5.41, 5.74) is 0.502. The van der Waals surface area contributed by atoms with Gasteiger partial charge in [-0.25, -0.2) is 4.79 Å². The van der Waals surface area contributed by atoms with E-state index in [-0.39, 0.29) is 11.9 Å². The lowest BCUT2D eigenvalue weighted by Crippen LogP contribution is -2.43. The molecule has 2 rings (SSSR count). The molecular weight excluding hydrogens is 382 g/mol. The minimum absolute atomic E-state index is 0.0910. The van der Waals surface area contributed by atoms with Gasteiger partial charge in [-0.2, -0.15) is 0 Å². The van der Waals surface area contributed by atoms with E-state index in [1.54, 1.807) is 34.1 Å². The lowest BCUT2D eigenvalue weighted by atomic mass is 10.2. The molecule has 0 unspecified atom stereocenters. The predicted octanol–water partition coefficient (Wildman–Crippen LogP) is 3.11. The molecule has 7 heteroatoms. The molecule has 0 bridgehead atoms. The summed E-state index contributed by atoms with van der Waals surface area (Å²) in [5, 5.41) is 3.23. The summed E-state index contributed by atoms with van der Waals surface area (Å²) in [4.78, 5) is 28.1. The van der Waals surface area contributed by atoms with Crippen molar-refractivity contribution < 1.29 is 9.59 Å². The fourth-order valence-electron chi connectivity index (χ4n) is 2.41. The number of halogens is 2. The van der Waals surface area contributed by atoms with Crippen molar-refractivity contribution in [3.63, 3.8) is 0 Å². The van der Waals surface area contributed by atoms with Crippen LogP contribution in [0.1, 0.15) is 16.8 Å². The maximum absolute atomic E-state index is 12.6. The van der Waals surface area contributed by atoms with E-state index in [4.69, 9.17) is 11.6 Å². The van der Waals surface area contributed by atoms with Crippen LogP contribution in [0.3, 0.4) is 0 Å². The van der Waals surface area contributed by atoms with Crippen LogP contribution >= 0.6 is 27.5 Å². The standard InChI is InChI=1S/C16H19BrClN3O2/c1-12(17)11-19-16(23)21-8-4-7-20(9-10-21)15(22)13-5-2-3-6-14(13)18/h2-3,5-6H,1,4,7-11H2,(H,19,23). The second kappa shape index (κ2) is 8.36. The van der Waals surface area contributed by atoms with Crippen molar-refractivity contribution in [1.29, 1.82) is 0 Å². The number of nitrogens with zero attached hydrogens (tertiary/aromatic N) is 2. The second-order valence-electron chi connectivity index (χ2n) is 5.29. The van der Waals surface area contributed by atoms with Crippen LogP contribution in [0, 0.1) is 0 Å². The number of benzene rings is 1. The number of nitrogens with one attached hydrogen (secondary N) is 1. The van der Waals surface area contributed by atoms with Crippen LogP contribution in [0.5, 0.6) is 0 Å². The molecule has 1 aliphatic rings. The number of hydrogen-bond donors (Lipinski definition) is 1. The number of amides is 3. The van der Waals surface area contributed by atoms with Gasteiger partial charge in [-0.15, -0.1) is 0 Å². The molecule has 124 valence electrons. The number of urea groups is 1. The molecule has 0 saturated carbocycles. The van der Waals surface area contributed by atoms with Crippen molar-refractivity contribution in [3.8, 4) is 0 Å². The summed E-state index contributed by atoms with van der Waals surface area (Å²) in [6.45, 7) is 6.29. The Morgan fingerprint density at radius 2 is 1.83 bits per heavy atom. The van der Waals surface area contributed by atoms with E-state index in [0.717, 1.165) is 10.9 Å². The molecule has 1 aliphatic heterocycles. The van der Waals surface area contributed by atoms with Gasteiger partial charge in [0.15, 0.2) is 0 Å². The number of rotatable bonds is 3. The van der Waals surface area contributed by atoms with E-state index in [0.29, 0.717) is 43.3 Å². The zero-order chi connectivity index (χ0) is 16.8. The van der Waals surface area contributed by atoms with Crippen LogP contribution in [0.4, 0.5) is 4.79 Å². The Bertz CT molecular complexity index is 609. The Kier molecular flexibility index (Phi) is 6.47. The molecule has 3 amide bonds. The van der Waals surface area contributed by atoms with Gasteiger partial charge in [-0.3, -0.25) is 4.79 Å². The SMILES string of the molecule is C=C(Br)CNC(=O)N1CCCN(C(=O)c2ccccc2Cl)CC1. The normalized spacial score (nSPS) is 15.0. The van der Waals surface area contributed by atoms with Gasteiger partial charge in [-0.1, -0.05) is 46.2 Å². The third kappa shape index (κ3) is 4.97. The van der Waals surface area contributed by atoms with E-state index < -0.39 is 0 Å². The Hall–Kier alpha value is -1.53. The van der Waals surface area contributed by atoms with Crippen molar-refractivity contribution >= 4 is 39.5 Å². The van der Waals surface area contributed by atoms with Crippen molar-refractivity contribution in [2.75, 3.05) is 32.7 Å².